The van der Waals surface area contributed by atoms with Crippen LogP contribution in [-0.4, -0.2) is 69.5 Å². The first kappa shape index (κ1) is 33.9. The monoisotopic (exact) mass is 664 g/mol. The molecule has 4 aromatic rings. The molecule has 1 aromatic heterocycles. The molecular formula is C39H44N4O6. The van der Waals surface area contributed by atoms with Gasteiger partial charge in [-0.25, -0.2) is 9.78 Å². The Hall–Kier alpha value is -4.99. The minimum absolute atomic E-state index is 0.119. The first-order chi connectivity index (χ1) is 23.6. The maximum Gasteiger partial charge on any atom is 0.407 e. The van der Waals surface area contributed by atoms with Gasteiger partial charge in [0.1, 0.15) is 18.2 Å². The number of nitrogens with one attached hydrogen (secondary N) is 2. The van der Waals surface area contributed by atoms with E-state index in [4.69, 9.17) is 9.47 Å². The number of Topliss-reactive ketones (excluding diaryl/α,β-unsaturated/α-hetero) is 1. The number of fused-ring (bicyclic) bond motifs is 4. The highest BCUT2D eigenvalue weighted by Crippen LogP contribution is 2.44. The van der Waals surface area contributed by atoms with Crippen molar-refractivity contribution in [1.82, 2.24) is 20.2 Å². The van der Waals surface area contributed by atoms with Crippen LogP contribution in [0, 0.1) is 0 Å². The highest BCUT2D eigenvalue weighted by Gasteiger charge is 2.39. The molecule has 10 nitrogen and oxygen atoms in total. The molecule has 2 amide bonds. The number of benzene rings is 3. The molecule has 0 radical (unpaired) electrons. The molecule has 1 fully saturated rings. The minimum atomic E-state index is -0.902. The number of imidazole rings is 1. The van der Waals surface area contributed by atoms with Gasteiger partial charge in [-0.2, -0.15) is 0 Å². The van der Waals surface area contributed by atoms with Gasteiger partial charge >= 0.3 is 12.1 Å². The number of H-pyrrole nitrogens is 1. The maximum atomic E-state index is 14.1. The maximum absolute atomic E-state index is 14.1. The van der Waals surface area contributed by atoms with E-state index < -0.39 is 23.8 Å². The van der Waals surface area contributed by atoms with Crippen LogP contribution in [0.25, 0.3) is 22.2 Å². The third-order valence-corrected chi connectivity index (χ3v) is 9.19. The second-order valence-electron chi connectivity index (χ2n) is 13.9. The quantitative estimate of drug-likeness (QED) is 0.0954. The predicted octanol–water partition coefficient (Wildman–Crippen LogP) is 6.94. The number of hydrogen-bond acceptors (Lipinski definition) is 7. The van der Waals surface area contributed by atoms with Crippen molar-refractivity contribution in [1.29, 1.82) is 0 Å². The number of nitrogens with zero attached hydrogens (tertiary/aromatic N) is 2. The van der Waals surface area contributed by atoms with Gasteiger partial charge in [0, 0.05) is 18.9 Å². The van der Waals surface area contributed by atoms with Gasteiger partial charge in [0.15, 0.2) is 5.82 Å². The van der Waals surface area contributed by atoms with Crippen LogP contribution in [-0.2, 0) is 19.1 Å². The fourth-order valence-corrected chi connectivity index (χ4v) is 6.96. The number of para-hydroxylation sites is 2. The van der Waals surface area contributed by atoms with Crippen LogP contribution >= 0.6 is 0 Å². The average Bonchev–Trinajstić information content (AvgIpc) is 3.81. The fraction of sp³-hybridized carbons (Fsp3) is 0.410. The summed E-state index contributed by atoms with van der Waals surface area (Å²) in [6.07, 6.45) is 2.93. The zero-order chi connectivity index (χ0) is 34.5. The van der Waals surface area contributed by atoms with Crippen LogP contribution in [0.4, 0.5) is 4.79 Å². The molecule has 0 unspecified atom stereocenters. The fourth-order valence-electron chi connectivity index (χ4n) is 6.96. The largest absolute Gasteiger partial charge is 0.460 e. The van der Waals surface area contributed by atoms with Crippen LogP contribution in [0.5, 0.6) is 0 Å². The molecule has 0 saturated carbocycles. The molecule has 1 aliphatic heterocycles. The Labute approximate surface area is 286 Å². The Morgan fingerprint density at radius 1 is 0.918 bits per heavy atom. The summed E-state index contributed by atoms with van der Waals surface area (Å²) in [5.41, 5.74) is 5.33. The average molecular weight is 665 g/mol. The summed E-state index contributed by atoms with van der Waals surface area (Å²) in [7, 11) is 0. The Kier molecular flexibility index (Phi) is 10.1. The Morgan fingerprint density at radius 2 is 1.59 bits per heavy atom. The number of likely N-dealkylation sites (tertiary alicyclic amines) is 1. The van der Waals surface area contributed by atoms with Crippen LogP contribution < -0.4 is 5.32 Å². The van der Waals surface area contributed by atoms with E-state index in [1.807, 2.05) is 69.3 Å². The first-order valence-electron chi connectivity index (χ1n) is 17.2. The lowest BCUT2D eigenvalue weighted by Crippen LogP contribution is -2.52. The molecule has 0 bridgehead atoms. The SMILES string of the molecule is CC(C)(C)OC(=O)CCCCC[C@H](NC(=O)OCC1c2ccccc2-c2ccccc21)C(=O)N1CCC[C@H]1C(=O)c1nc2ccccc2[nH]1. The number of carbonyl (C=O) groups excluding carboxylic acids is 4. The van der Waals surface area contributed by atoms with Crippen LogP contribution in [0.15, 0.2) is 72.8 Å². The van der Waals surface area contributed by atoms with Crippen LogP contribution in [0.1, 0.15) is 93.4 Å². The van der Waals surface area contributed by atoms with Gasteiger partial charge in [0.2, 0.25) is 11.7 Å². The summed E-state index contributed by atoms with van der Waals surface area (Å²) in [5.74, 6) is -0.744. The van der Waals surface area contributed by atoms with Crippen molar-refractivity contribution in [2.75, 3.05) is 13.2 Å². The lowest BCUT2D eigenvalue weighted by atomic mass is 9.98. The number of esters is 1. The number of ketones is 1. The van der Waals surface area contributed by atoms with Crippen molar-refractivity contribution in [2.45, 2.75) is 89.3 Å². The Morgan fingerprint density at radius 3 is 2.29 bits per heavy atom. The van der Waals surface area contributed by atoms with Crippen molar-refractivity contribution in [3.8, 4) is 11.1 Å². The van der Waals surface area contributed by atoms with Crippen molar-refractivity contribution in [2.24, 2.45) is 0 Å². The van der Waals surface area contributed by atoms with E-state index >= 15 is 0 Å². The summed E-state index contributed by atoms with van der Waals surface area (Å²) in [5, 5.41) is 2.84. The van der Waals surface area contributed by atoms with Crippen molar-refractivity contribution < 1.29 is 28.7 Å². The molecule has 10 heteroatoms. The Bertz CT molecular complexity index is 1760. The number of rotatable bonds is 12. The van der Waals surface area contributed by atoms with Gasteiger partial charge in [-0.1, -0.05) is 73.5 Å². The van der Waals surface area contributed by atoms with E-state index in [2.05, 4.69) is 39.6 Å². The first-order valence-corrected chi connectivity index (χ1v) is 17.2. The smallest absolute Gasteiger partial charge is 0.407 e. The molecule has 3 aromatic carbocycles. The van der Waals surface area contributed by atoms with Gasteiger partial charge in [0.05, 0.1) is 17.1 Å². The summed E-state index contributed by atoms with van der Waals surface area (Å²) < 4.78 is 11.2. The number of alkyl carbamates (subject to hydrolysis) is 1. The molecule has 49 heavy (non-hydrogen) atoms. The van der Waals surface area contributed by atoms with E-state index in [9.17, 15) is 19.2 Å². The molecule has 1 saturated heterocycles. The van der Waals surface area contributed by atoms with Gasteiger partial charge in [0.25, 0.3) is 0 Å². The highest BCUT2D eigenvalue weighted by molar-refractivity contribution is 6.02. The molecule has 6 rings (SSSR count). The summed E-state index contributed by atoms with van der Waals surface area (Å²) >= 11 is 0. The zero-order valence-corrected chi connectivity index (χ0v) is 28.4. The number of ether oxygens (including phenoxy) is 2. The van der Waals surface area contributed by atoms with E-state index in [1.54, 1.807) is 4.90 Å². The number of hydrogen-bond donors (Lipinski definition) is 2. The number of unbranched alkanes of at least 4 members (excludes halogenated alkanes) is 2. The second-order valence-corrected chi connectivity index (χ2v) is 13.9. The summed E-state index contributed by atoms with van der Waals surface area (Å²) in [6.45, 7) is 6.02. The van der Waals surface area contributed by atoms with Gasteiger partial charge < -0.3 is 24.7 Å². The molecule has 256 valence electrons. The van der Waals surface area contributed by atoms with Crippen LogP contribution in [0.3, 0.4) is 0 Å². The molecule has 2 aliphatic rings. The van der Waals surface area contributed by atoms with E-state index in [0.29, 0.717) is 50.6 Å². The lowest BCUT2D eigenvalue weighted by Gasteiger charge is -2.28. The van der Waals surface area contributed by atoms with Crippen molar-refractivity contribution in [3.05, 3.63) is 89.7 Å². The Balaban J connectivity index is 1.13. The topological polar surface area (TPSA) is 131 Å². The lowest BCUT2D eigenvalue weighted by molar-refractivity contribution is -0.155. The van der Waals surface area contributed by atoms with Crippen molar-refractivity contribution in [3.63, 3.8) is 0 Å². The minimum Gasteiger partial charge on any atom is -0.460 e. The molecular weight excluding hydrogens is 620 g/mol. The number of aromatic nitrogens is 2. The number of amides is 2. The molecule has 1 aliphatic carbocycles. The molecule has 0 spiro atoms. The standard InChI is InChI=1S/C39H44N4O6/c1-39(2,3)49-34(44)22-6-4-5-20-32(37(46)43-23-13-21-33(43)35(45)36-40-30-18-11-12-19-31(30)41-36)42-38(47)48-24-29-27-16-9-7-14-25(27)26-15-8-10-17-28(26)29/h7-12,14-19,29,32-33H,4-6,13,20-24H2,1-3H3,(H,40,41)(H,42,47)/t32-,33-/m0/s1. The van der Waals surface area contributed by atoms with Crippen LogP contribution in [0.2, 0.25) is 0 Å². The van der Waals surface area contributed by atoms with E-state index in [1.165, 1.54) is 0 Å². The zero-order valence-electron chi connectivity index (χ0n) is 28.4. The van der Waals surface area contributed by atoms with E-state index in [-0.39, 0.29) is 42.4 Å². The third kappa shape index (κ3) is 7.85. The number of carbonyl (C=O) groups is 4. The highest BCUT2D eigenvalue weighted by atomic mass is 16.6. The van der Waals surface area contributed by atoms with E-state index in [0.717, 1.165) is 27.8 Å². The second kappa shape index (κ2) is 14.6. The predicted molar refractivity (Wildman–Crippen MR) is 186 cm³/mol. The molecule has 2 heterocycles. The summed E-state index contributed by atoms with van der Waals surface area (Å²) in [4.78, 5) is 62.5. The summed E-state index contributed by atoms with van der Waals surface area (Å²) in [6, 6.07) is 22.0. The third-order valence-electron chi connectivity index (χ3n) is 9.19. The normalized spacial score (nSPS) is 16.2. The molecule has 2 N–H and O–H groups in total. The van der Waals surface area contributed by atoms with Gasteiger partial charge in [-0.3, -0.25) is 14.4 Å². The van der Waals surface area contributed by atoms with Gasteiger partial charge in [-0.05, 0) is 80.8 Å². The molecule has 2 atom stereocenters. The van der Waals surface area contributed by atoms with Gasteiger partial charge in [-0.15, -0.1) is 0 Å². The van der Waals surface area contributed by atoms with Crippen molar-refractivity contribution >= 4 is 34.8 Å². The number of aromatic amines is 1.